The van der Waals surface area contributed by atoms with E-state index in [0.29, 0.717) is 6.04 Å². The fourth-order valence-corrected chi connectivity index (χ4v) is 2.09. The third kappa shape index (κ3) is 4.16. The van der Waals surface area contributed by atoms with Crippen LogP contribution in [0, 0.1) is 0 Å². The maximum absolute atomic E-state index is 5.82. The second-order valence-electron chi connectivity index (χ2n) is 2.93. The highest BCUT2D eigenvalue weighted by Crippen LogP contribution is 2.21. The molecule has 0 aromatic heterocycles. The van der Waals surface area contributed by atoms with Gasteiger partial charge in [0.05, 0.1) is 0 Å². The van der Waals surface area contributed by atoms with Gasteiger partial charge in [0.1, 0.15) is 0 Å². The maximum Gasteiger partial charge on any atom is 0.0176 e. The van der Waals surface area contributed by atoms with E-state index in [9.17, 15) is 0 Å². The quantitative estimate of drug-likeness (QED) is 0.841. The Labute approximate surface area is 92.2 Å². The summed E-state index contributed by atoms with van der Waals surface area (Å²) < 4.78 is 1.12. The third-order valence-corrected chi connectivity index (χ3v) is 3.53. The summed E-state index contributed by atoms with van der Waals surface area (Å²) in [6.45, 7) is 2.12. The zero-order valence-electron chi connectivity index (χ0n) is 7.66. The van der Waals surface area contributed by atoms with Gasteiger partial charge in [0.2, 0.25) is 0 Å². The standard InChI is InChI=1S/C10H14BrNS/c1-2-9(12)7-13-10-5-3-8(11)4-6-10/h3-6,9H,2,7,12H2,1H3/t9-/m0/s1. The van der Waals surface area contributed by atoms with Crippen molar-refractivity contribution in [2.45, 2.75) is 24.3 Å². The highest BCUT2D eigenvalue weighted by Gasteiger charge is 2.00. The smallest absolute Gasteiger partial charge is 0.0176 e. The largest absolute Gasteiger partial charge is 0.327 e. The number of benzene rings is 1. The van der Waals surface area contributed by atoms with Crippen LogP contribution >= 0.6 is 27.7 Å². The fraction of sp³-hybridized carbons (Fsp3) is 0.400. The van der Waals surface area contributed by atoms with Gasteiger partial charge in [-0.1, -0.05) is 22.9 Å². The summed E-state index contributed by atoms with van der Waals surface area (Å²) in [7, 11) is 0. The van der Waals surface area contributed by atoms with Crippen molar-refractivity contribution in [3.8, 4) is 0 Å². The second-order valence-corrected chi connectivity index (χ2v) is 4.94. The molecule has 1 atom stereocenters. The molecular weight excluding hydrogens is 246 g/mol. The van der Waals surface area contributed by atoms with Gasteiger partial charge in [0.15, 0.2) is 0 Å². The predicted molar refractivity (Wildman–Crippen MR) is 63.1 cm³/mol. The van der Waals surface area contributed by atoms with E-state index in [1.54, 1.807) is 0 Å². The van der Waals surface area contributed by atoms with Crippen molar-refractivity contribution in [1.29, 1.82) is 0 Å². The lowest BCUT2D eigenvalue weighted by molar-refractivity contribution is 0.725. The molecule has 72 valence electrons. The molecule has 0 heterocycles. The topological polar surface area (TPSA) is 26.0 Å². The number of hydrogen-bond donors (Lipinski definition) is 1. The summed E-state index contributed by atoms with van der Waals surface area (Å²) in [5.74, 6) is 0.998. The summed E-state index contributed by atoms with van der Waals surface area (Å²) in [6, 6.07) is 8.64. The Kier molecular flexibility index (Phi) is 4.84. The van der Waals surface area contributed by atoms with E-state index < -0.39 is 0 Å². The Hall–Kier alpha value is 0.01000. The normalized spacial score (nSPS) is 12.8. The molecule has 0 radical (unpaired) electrons. The summed E-state index contributed by atoms with van der Waals surface area (Å²) in [6.07, 6.45) is 1.05. The van der Waals surface area contributed by atoms with Crippen LogP contribution in [0.15, 0.2) is 33.6 Å². The van der Waals surface area contributed by atoms with Crippen LogP contribution in [0.25, 0.3) is 0 Å². The molecule has 0 aliphatic heterocycles. The Morgan fingerprint density at radius 2 is 2.00 bits per heavy atom. The Morgan fingerprint density at radius 3 is 2.54 bits per heavy atom. The molecule has 2 N–H and O–H groups in total. The van der Waals surface area contributed by atoms with E-state index >= 15 is 0 Å². The monoisotopic (exact) mass is 259 g/mol. The average molecular weight is 260 g/mol. The molecule has 0 saturated heterocycles. The molecule has 0 aliphatic rings. The van der Waals surface area contributed by atoms with Crippen LogP contribution in [0.3, 0.4) is 0 Å². The van der Waals surface area contributed by atoms with Crippen molar-refractivity contribution in [2.24, 2.45) is 5.73 Å². The Balaban J connectivity index is 2.41. The number of halogens is 1. The molecule has 0 spiro atoms. The van der Waals surface area contributed by atoms with Gasteiger partial charge < -0.3 is 5.73 Å². The minimum atomic E-state index is 0.314. The van der Waals surface area contributed by atoms with Gasteiger partial charge in [0.25, 0.3) is 0 Å². The van der Waals surface area contributed by atoms with Crippen molar-refractivity contribution >= 4 is 27.7 Å². The van der Waals surface area contributed by atoms with Gasteiger partial charge >= 0.3 is 0 Å². The number of nitrogens with two attached hydrogens (primary N) is 1. The first-order chi connectivity index (χ1) is 6.22. The minimum absolute atomic E-state index is 0.314. The molecule has 1 aromatic carbocycles. The SMILES string of the molecule is CC[C@H](N)CSc1ccc(Br)cc1. The van der Waals surface area contributed by atoms with Gasteiger partial charge in [-0.05, 0) is 30.7 Å². The predicted octanol–water partition coefficient (Wildman–Crippen LogP) is 3.28. The van der Waals surface area contributed by atoms with E-state index in [-0.39, 0.29) is 0 Å². The number of thioether (sulfide) groups is 1. The first-order valence-electron chi connectivity index (χ1n) is 4.36. The van der Waals surface area contributed by atoms with Crippen LogP contribution in [0.5, 0.6) is 0 Å². The van der Waals surface area contributed by atoms with Crippen molar-refractivity contribution in [2.75, 3.05) is 5.75 Å². The van der Waals surface area contributed by atoms with Crippen LogP contribution in [0.4, 0.5) is 0 Å². The molecule has 0 saturated carbocycles. The van der Waals surface area contributed by atoms with Gasteiger partial charge in [0, 0.05) is 21.2 Å². The van der Waals surface area contributed by atoms with E-state index in [4.69, 9.17) is 5.73 Å². The average Bonchev–Trinajstić information content (AvgIpc) is 2.16. The summed E-state index contributed by atoms with van der Waals surface area (Å²) >= 11 is 5.22. The number of rotatable bonds is 4. The van der Waals surface area contributed by atoms with E-state index in [0.717, 1.165) is 16.6 Å². The van der Waals surface area contributed by atoms with Crippen molar-refractivity contribution in [3.63, 3.8) is 0 Å². The first kappa shape index (κ1) is 11.1. The molecule has 1 rings (SSSR count). The summed E-state index contributed by atoms with van der Waals surface area (Å²) in [5.41, 5.74) is 5.82. The molecule has 0 unspecified atom stereocenters. The molecule has 13 heavy (non-hydrogen) atoms. The molecule has 0 amide bonds. The summed E-state index contributed by atoms with van der Waals surface area (Å²) in [5, 5.41) is 0. The van der Waals surface area contributed by atoms with Gasteiger partial charge in [-0.15, -0.1) is 11.8 Å². The number of hydrogen-bond acceptors (Lipinski definition) is 2. The lowest BCUT2D eigenvalue weighted by Gasteiger charge is -2.07. The zero-order valence-corrected chi connectivity index (χ0v) is 10.1. The highest BCUT2D eigenvalue weighted by atomic mass is 79.9. The van der Waals surface area contributed by atoms with E-state index in [2.05, 4.69) is 47.1 Å². The fourth-order valence-electron chi connectivity index (χ4n) is 0.852. The van der Waals surface area contributed by atoms with Crippen LogP contribution in [0.1, 0.15) is 13.3 Å². The molecule has 0 aliphatic carbocycles. The molecule has 3 heteroatoms. The van der Waals surface area contributed by atoms with Crippen molar-refractivity contribution in [1.82, 2.24) is 0 Å². The first-order valence-corrected chi connectivity index (χ1v) is 6.14. The minimum Gasteiger partial charge on any atom is -0.327 e. The molecule has 0 fully saturated rings. The van der Waals surface area contributed by atoms with Crippen LogP contribution in [-0.2, 0) is 0 Å². The Morgan fingerprint density at radius 1 is 1.38 bits per heavy atom. The zero-order chi connectivity index (χ0) is 9.68. The van der Waals surface area contributed by atoms with Crippen LogP contribution in [-0.4, -0.2) is 11.8 Å². The van der Waals surface area contributed by atoms with Crippen LogP contribution in [0.2, 0.25) is 0 Å². The third-order valence-electron chi connectivity index (χ3n) is 1.80. The molecule has 0 bridgehead atoms. The second kappa shape index (κ2) is 5.68. The lowest BCUT2D eigenvalue weighted by Crippen LogP contribution is -2.21. The molecule has 1 nitrogen and oxygen atoms in total. The maximum atomic E-state index is 5.82. The van der Waals surface area contributed by atoms with Crippen LogP contribution < -0.4 is 5.73 Å². The van der Waals surface area contributed by atoms with Gasteiger partial charge in [-0.3, -0.25) is 0 Å². The van der Waals surface area contributed by atoms with E-state index in [1.165, 1.54) is 4.90 Å². The van der Waals surface area contributed by atoms with Gasteiger partial charge in [-0.2, -0.15) is 0 Å². The molecular formula is C10H14BrNS. The Bertz CT molecular complexity index is 248. The van der Waals surface area contributed by atoms with Crippen molar-refractivity contribution < 1.29 is 0 Å². The van der Waals surface area contributed by atoms with Crippen molar-refractivity contribution in [3.05, 3.63) is 28.7 Å². The van der Waals surface area contributed by atoms with E-state index in [1.807, 2.05) is 11.8 Å². The molecule has 1 aromatic rings. The van der Waals surface area contributed by atoms with Gasteiger partial charge in [-0.25, -0.2) is 0 Å². The summed E-state index contributed by atoms with van der Waals surface area (Å²) in [4.78, 5) is 1.28. The highest BCUT2D eigenvalue weighted by molar-refractivity contribution is 9.10. The lowest BCUT2D eigenvalue weighted by atomic mass is 10.3.